The number of rotatable bonds is 5. The van der Waals surface area contributed by atoms with E-state index in [0.717, 1.165) is 0 Å². The van der Waals surface area contributed by atoms with E-state index in [2.05, 4.69) is 0 Å². The number of para-hydroxylation sites is 2. The zero-order valence-corrected chi connectivity index (χ0v) is 12.7. The Labute approximate surface area is 130 Å². The SMILES string of the molecule is CCOc1ccccc1OCC1CN(C(=O)O)CCO1.Cl. The molecule has 1 unspecified atom stereocenters. The maximum atomic E-state index is 10.9. The van der Waals surface area contributed by atoms with Crippen LogP contribution >= 0.6 is 12.4 Å². The van der Waals surface area contributed by atoms with Crippen molar-refractivity contribution < 1.29 is 24.1 Å². The highest BCUT2D eigenvalue weighted by atomic mass is 35.5. The van der Waals surface area contributed by atoms with E-state index >= 15 is 0 Å². The number of carbonyl (C=O) groups is 1. The van der Waals surface area contributed by atoms with Crippen molar-refractivity contribution in [2.45, 2.75) is 13.0 Å². The van der Waals surface area contributed by atoms with Crippen molar-refractivity contribution in [2.24, 2.45) is 0 Å². The summed E-state index contributed by atoms with van der Waals surface area (Å²) in [6, 6.07) is 7.40. The number of ether oxygens (including phenoxy) is 3. The number of carboxylic acid groups (broad SMARTS) is 1. The summed E-state index contributed by atoms with van der Waals surface area (Å²) < 4.78 is 16.7. The second-order valence-corrected chi connectivity index (χ2v) is 4.41. The molecule has 118 valence electrons. The van der Waals surface area contributed by atoms with Crippen LogP contribution in [0.4, 0.5) is 4.79 Å². The van der Waals surface area contributed by atoms with Gasteiger partial charge in [-0.3, -0.25) is 0 Å². The van der Waals surface area contributed by atoms with Gasteiger partial charge in [0.05, 0.1) is 19.8 Å². The Hall–Kier alpha value is -1.66. The smallest absolute Gasteiger partial charge is 0.407 e. The number of benzene rings is 1. The van der Waals surface area contributed by atoms with Crippen molar-refractivity contribution >= 4 is 18.5 Å². The van der Waals surface area contributed by atoms with Crippen molar-refractivity contribution in [1.29, 1.82) is 0 Å². The average molecular weight is 318 g/mol. The summed E-state index contributed by atoms with van der Waals surface area (Å²) in [6.45, 7) is 3.90. The molecule has 0 radical (unpaired) electrons. The molecule has 0 bridgehead atoms. The minimum absolute atomic E-state index is 0. The lowest BCUT2D eigenvalue weighted by atomic mass is 10.3. The quantitative estimate of drug-likeness (QED) is 0.902. The highest BCUT2D eigenvalue weighted by Crippen LogP contribution is 2.26. The fraction of sp³-hybridized carbons (Fsp3) is 0.500. The maximum Gasteiger partial charge on any atom is 0.407 e. The maximum absolute atomic E-state index is 10.9. The van der Waals surface area contributed by atoms with Crippen LogP contribution in [0.25, 0.3) is 0 Å². The molecule has 0 spiro atoms. The van der Waals surface area contributed by atoms with E-state index in [1.165, 1.54) is 4.90 Å². The molecule has 0 saturated carbocycles. The first-order chi connectivity index (χ1) is 9.70. The van der Waals surface area contributed by atoms with Crippen molar-refractivity contribution in [2.75, 3.05) is 32.9 Å². The third kappa shape index (κ3) is 4.99. The summed E-state index contributed by atoms with van der Waals surface area (Å²) >= 11 is 0. The fourth-order valence-electron chi connectivity index (χ4n) is 2.02. The molecule has 2 rings (SSSR count). The topological polar surface area (TPSA) is 68.2 Å². The molecule has 1 saturated heterocycles. The first kappa shape index (κ1) is 17.4. The van der Waals surface area contributed by atoms with Gasteiger partial charge in [-0.15, -0.1) is 12.4 Å². The van der Waals surface area contributed by atoms with Gasteiger partial charge in [0.25, 0.3) is 0 Å². The van der Waals surface area contributed by atoms with Crippen LogP contribution in [0.3, 0.4) is 0 Å². The third-order valence-corrected chi connectivity index (χ3v) is 2.98. The van der Waals surface area contributed by atoms with E-state index in [1.807, 2.05) is 31.2 Å². The van der Waals surface area contributed by atoms with Crippen LogP contribution in [0.1, 0.15) is 6.92 Å². The van der Waals surface area contributed by atoms with Crippen molar-refractivity contribution in [1.82, 2.24) is 4.90 Å². The largest absolute Gasteiger partial charge is 0.490 e. The molecule has 1 atom stereocenters. The molecular weight excluding hydrogens is 298 g/mol. The Morgan fingerprint density at radius 2 is 2.05 bits per heavy atom. The second-order valence-electron chi connectivity index (χ2n) is 4.41. The van der Waals surface area contributed by atoms with Crippen LogP contribution in [0.15, 0.2) is 24.3 Å². The van der Waals surface area contributed by atoms with Gasteiger partial charge in [0, 0.05) is 6.54 Å². The van der Waals surface area contributed by atoms with Crippen molar-refractivity contribution in [3.05, 3.63) is 24.3 Å². The molecule has 1 aromatic rings. The molecule has 6 nitrogen and oxygen atoms in total. The molecule has 1 aliphatic rings. The zero-order chi connectivity index (χ0) is 14.4. The predicted molar refractivity (Wildman–Crippen MR) is 79.7 cm³/mol. The zero-order valence-electron chi connectivity index (χ0n) is 11.9. The molecule has 7 heteroatoms. The predicted octanol–water partition coefficient (Wildman–Crippen LogP) is 2.26. The Balaban J connectivity index is 0.00000220. The minimum atomic E-state index is -0.923. The molecule has 1 amide bonds. The molecule has 1 heterocycles. The Morgan fingerprint density at radius 3 is 2.67 bits per heavy atom. The molecule has 1 N–H and O–H groups in total. The first-order valence-electron chi connectivity index (χ1n) is 6.64. The van der Waals surface area contributed by atoms with E-state index < -0.39 is 6.09 Å². The van der Waals surface area contributed by atoms with Gasteiger partial charge in [-0.1, -0.05) is 12.1 Å². The van der Waals surface area contributed by atoms with Crippen LogP contribution in [0.5, 0.6) is 11.5 Å². The number of morpholine rings is 1. The standard InChI is InChI=1S/C14H19NO5.ClH/c1-2-18-12-5-3-4-6-13(12)20-10-11-9-15(14(16)17)7-8-19-11;/h3-6,11H,2,7-10H2,1H3,(H,16,17);1H. The Bertz CT molecular complexity index is 457. The molecule has 0 aromatic heterocycles. The van der Waals surface area contributed by atoms with Gasteiger partial charge in [-0.2, -0.15) is 0 Å². The van der Waals surface area contributed by atoms with Gasteiger partial charge in [0.1, 0.15) is 12.7 Å². The van der Waals surface area contributed by atoms with E-state index in [4.69, 9.17) is 19.3 Å². The number of hydrogen-bond donors (Lipinski definition) is 1. The van der Waals surface area contributed by atoms with E-state index in [9.17, 15) is 4.79 Å². The minimum Gasteiger partial charge on any atom is -0.490 e. The van der Waals surface area contributed by atoms with Gasteiger partial charge in [-0.05, 0) is 19.1 Å². The Morgan fingerprint density at radius 1 is 1.38 bits per heavy atom. The number of halogens is 1. The first-order valence-corrected chi connectivity index (χ1v) is 6.64. The summed E-state index contributed by atoms with van der Waals surface area (Å²) in [5.74, 6) is 1.33. The average Bonchev–Trinajstić information content (AvgIpc) is 2.47. The second kappa shape index (κ2) is 8.59. The van der Waals surface area contributed by atoms with Crippen LogP contribution < -0.4 is 9.47 Å². The van der Waals surface area contributed by atoms with Crippen molar-refractivity contribution in [3.8, 4) is 11.5 Å². The van der Waals surface area contributed by atoms with E-state index in [0.29, 0.717) is 44.4 Å². The van der Waals surface area contributed by atoms with Crippen LogP contribution in [0, 0.1) is 0 Å². The molecule has 0 aliphatic carbocycles. The fourth-order valence-corrected chi connectivity index (χ4v) is 2.02. The lowest BCUT2D eigenvalue weighted by Gasteiger charge is -2.30. The van der Waals surface area contributed by atoms with E-state index in [1.54, 1.807) is 0 Å². The van der Waals surface area contributed by atoms with Crippen molar-refractivity contribution in [3.63, 3.8) is 0 Å². The highest BCUT2D eigenvalue weighted by Gasteiger charge is 2.24. The Kier molecular flexibility index (Phi) is 7.11. The summed E-state index contributed by atoms with van der Waals surface area (Å²) in [5.41, 5.74) is 0. The molecule has 1 aliphatic heterocycles. The summed E-state index contributed by atoms with van der Waals surface area (Å²) in [4.78, 5) is 12.3. The van der Waals surface area contributed by atoms with Gasteiger partial charge in [-0.25, -0.2) is 4.79 Å². The molecule has 21 heavy (non-hydrogen) atoms. The van der Waals surface area contributed by atoms with Gasteiger partial charge < -0.3 is 24.2 Å². The summed E-state index contributed by atoms with van der Waals surface area (Å²) in [5, 5.41) is 8.96. The highest BCUT2D eigenvalue weighted by molar-refractivity contribution is 5.85. The van der Waals surface area contributed by atoms with E-state index in [-0.39, 0.29) is 18.5 Å². The lowest BCUT2D eigenvalue weighted by Crippen LogP contribution is -2.47. The molecule has 1 fully saturated rings. The van der Waals surface area contributed by atoms with Crippen LogP contribution in [-0.2, 0) is 4.74 Å². The summed E-state index contributed by atoms with van der Waals surface area (Å²) in [7, 11) is 0. The molecular formula is C14H20ClNO5. The monoisotopic (exact) mass is 317 g/mol. The summed E-state index contributed by atoms with van der Waals surface area (Å²) in [6.07, 6.45) is -1.18. The van der Waals surface area contributed by atoms with Gasteiger partial charge in [0.15, 0.2) is 11.5 Å². The number of hydrogen-bond acceptors (Lipinski definition) is 4. The normalized spacial score (nSPS) is 17.8. The molecule has 1 aromatic carbocycles. The van der Waals surface area contributed by atoms with Gasteiger partial charge in [0.2, 0.25) is 0 Å². The van der Waals surface area contributed by atoms with Crippen LogP contribution in [-0.4, -0.2) is 55.1 Å². The third-order valence-electron chi connectivity index (χ3n) is 2.98. The van der Waals surface area contributed by atoms with Gasteiger partial charge >= 0.3 is 6.09 Å². The number of nitrogens with zero attached hydrogens (tertiary/aromatic N) is 1. The van der Waals surface area contributed by atoms with Crippen LogP contribution in [0.2, 0.25) is 0 Å². The lowest BCUT2D eigenvalue weighted by molar-refractivity contribution is -0.0415. The number of amides is 1.